The van der Waals surface area contributed by atoms with E-state index in [0.29, 0.717) is 38.1 Å². The largest absolute Gasteiger partial charge is 0.485 e. The monoisotopic (exact) mass is 582 g/mol. The topological polar surface area (TPSA) is 93.1 Å². The molecule has 5 aliphatic rings. The lowest BCUT2D eigenvalue weighted by Crippen LogP contribution is -2.74. The Kier molecular flexibility index (Phi) is 8.60. The average Bonchev–Trinajstić information content (AvgIpc) is 3.40. The molecule has 1 spiro atoms. The number of benzene rings is 1. The first kappa shape index (κ1) is 28.9. The minimum absolute atomic E-state index is 0.0525. The molecule has 4 aliphatic heterocycles. The number of carbonyl (C=O) groups is 1. The highest BCUT2D eigenvalue weighted by Gasteiger charge is 2.54. The maximum Gasteiger partial charge on any atom is 0.246 e. The minimum Gasteiger partial charge on any atom is -0.485 e. The van der Waals surface area contributed by atoms with Gasteiger partial charge >= 0.3 is 0 Å². The molecule has 0 radical (unpaired) electrons. The number of nitrogens with zero attached hydrogens (tertiary/aromatic N) is 4. The Bertz CT molecular complexity index is 1160. The number of likely N-dealkylation sites (N-methyl/N-ethyl adjacent to an activating group) is 1. The number of fused-ring (bicyclic) bond motifs is 2. The third-order valence-corrected chi connectivity index (χ3v) is 10.7. The van der Waals surface area contributed by atoms with E-state index in [2.05, 4.69) is 52.3 Å². The summed E-state index contributed by atoms with van der Waals surface area (Å²) in [6.07, 6.45) is 7.20. The summed E-state index contributed by atoms with van der Waals surface area (Å²) in [4.78, 5) is 19.2. The zero-order valence-corrected chi connectivity index (χ0v) is 24.8. The van der Waals surface area contributed by atoms with Crippen LogP contribution in [0.15, 0.2) is 36.9 Å². The van der Waals surface area contributed by atoms with Gasteiger partial charge in [0.05, 0.1) is 36.7 Å². The fourth-order valence-corrected chi connectivity index (χ4v) is 8.23. The third kappa shape index (κ3) is 5.75. The third-order valence-electron chi connectivity index (χ3n) is 10.2. The van der Waals surface area contributed by atoms with Gasteiger partial charge in [0.2, 0.25) is 5.91 Å². The number of para-hydroxylation sites is 1. The number of hydrogen-bond acceptors (Lipinski definition) is 8. The van der Waals surface area contributed by atoms with Gasteiger partial charge < -0.3 is 19.3 Å². The second kappa shape index (κ2) is 12.2. The van der Waals surface area contributed by atoms with Crippen LogP contribution >= 0.6 is 11.6 Å². The number of halogens is 1. The molecule has 4 heterocycles. The molecular weight excluding hydrogens is 540 g/mol. The molecule has 1 amide bonds. The Morgan fingerprint density at radius 1 is 1.27 bits per heavy atom. The summed E-state index contributed by atoms with van der Waals surface area (Å²) in [5.41, 5.74) is 0.745. The van der Waals surface area contributed by atoms with Gasteiger partial charge in [0.15, 0.2) is 6.35 Å². The van der Waals surface area contributed by atoms with E-state index in [-0.39, 0.29) is 35.9 Å². The van der Waals surface area contributed by atoms with Gasteiger partial charge in [-0.1, -0.05) is 24.8 Å². The molecule has 8 atom stereocenters. The van der Waals surface area contributed by atoms with E-state index in [1.807, 2.05) is 12.1 Å². The number of piperazine rings is 1. The van der Waals surface area contributed by atoms with Crippen LogP contribution in [0.5, 0.6) is 5.75 Å². The maximum absolute atomic E-state index is 12.5. The number of ether oxygens (including phenoxy) is 2. The molecule has 0 aromatic heterocycles. The van der Waals surface area contributed by atoms with Crippen LogP contribution in [0.4, 0.5) is 0 Å². The zero-order chi connectivity index (χ0) is 28.6. The Morgan fingerprint density at radius 2 is 2.12 bits per heavy atom. The summed E-state index contributed by atoms with van der Waals surface area (Å²) in [7, 11) is 2.17. The standard InChI is InChI=1S/C31H43ClN6O3/c1-3-28(39)38-16-15-37(19-22(38)11-13-33)29-24-10-12-31(27(32)17-21-7-4-5-9-26(21)41-31)18-25(24)34-30(35-29)40-20-23-8-6-14-36(23)2/h3-5,7,9,22-25,27,29-30,34-35H,1,6,8,10-12,14-20H2,2H3/t22?,23?,24?,25?,27?,29?,30?,31-/m1/s1. The Balaban J connectivity index is 1.22. The number of hydrogen-bond donors (Lipinski definition) is 2. The highest BCUT2D eigenvalue weighted by Crippen LogP contribution is 2.47. The van der Waals surface area contributed by atoms with Crippen LogP contribution in [-0.2, 0) is 16.0 Å². The zero-order valence-electron chi connectivity index (χ0n) is 24.0. The lowest BCUT2D eigenvalue weighted by atomic mass is 9.70. The van der Waals surface area contributed by atoms with E-state index in [4.69, 9.17) is 21.1 Å². The fourth-order valence-electron chi connectivity index (χ4n) is 7.82. The Labute approximate surface area is 248 Å². The van der Waals surface area contributed by atoms with Gasteiger partial charge in [-0.25, -0.2) is 0 Å². The number of carbonyl (C=O) groups excluding carboxylic acids is 1. The van der Waals surface area contributed by atoms with E-state index in [1.165, 1.54) is 18.1 Å². The van der Waals surface area contributed by atoms with E-state index in [1.54, 1.807) is 4.90 Å². The van der Waals surface area contributed by atoms with Crippen LogP contribution in [0, 0.1) is 17.2 Å². The van der Waals surface area contributed by atoms with Crippen molar-refractivity contribution in [3.05, 3.63) is 42.5 Å². The molecule has 6 rings (SSSR count). The summed E-state index contributed by atoms with van der Waals surface area (Å²) in [5.74, 6) is 1.15. The first-order chi connectivity index (χ1) is 19.9. The van der Waals surface area contributed by atoms with Crippen molar-refractivity contribution in [2.24, 2.45) is 5.92 Å². The lowest BCUT2D eigenvalue weighted by molar-refractivity contribution is -0.139. The van der Waals surface area contributed by atoms with Crippen molar-refractivity contribution in [1.82, 2.24) is 25.3 Å². The van der Waals surface area contributed by atoms with Crippen LogP contribution in [0.25, 0.3) is 0 Å². The molecule has 4 fully saturated rings. The van der Waals surface area contributed by atoms with Crippen molar-refractivity contribution < 1.29 is 14.3 Å². The summed E-state index contributed by atoms with van der Waals surface area (Å²) in [6, 6.07) is 11.0. The normalized spacial score (nSPS) is 37.6. The summed E-state index contributed by atoms with van der Waals surface area (Å²) >= 11 is 7.12. The second-order valence-electron chi connectivity index (χ2n) is 12.5. The lowest BCUT2D eigenvalue weighted by Gasteiger charge is -2.56. The van der Waals surface area contributed by atoms with Gasteiger partial charge in [-0.2, -0.15) is 5.26 Å². The average molecular weight is 583 g/mol. The Hall–Kier alpha value is -2.19. The number of amides is 1. The van der Waals surface area contributed by atoms with Crippen molar-refractivity contribution in [3.8, 4) is 11.8 Å². The fraction of sp³-hybridized carbons (Fsp3) is 0.677. The number of nitriles is 1. The number of alkyl halides is 1. The number of rotatable bonds is 6. The molecule has 3 saturated heterocycles. The number of likely N-dealkylation sites (tertiary alicyclic amines) is 1. The van der Waals surface area contributed by atoms with Gasteiger partial charge in [0, 0.05) is 44.1 Å². The molecule has 9 nitrogen and oxygen atoms in total. The molecule has 41 heavy (non-hydrogen) atoms. The quantitative estimate of drug-likeness (QED) is 0.391. The van der Waals surface area contributed by atoms with Crippen molar-refractivity contribution in [1.29, 1.82) is 5.26 Å². The van der Waals surface area contributed by atoms with E-state index in [0.717, 1.165) is 50.9 Å². The summed E-state index contributed by atoms with van der Waals surface area (Å²) in [5, 5.41) is 17.0. The SMILES string of the molecule is C=CC(=O)N1CCN(C2NC(OCC3CCCN3C)NC3C[C@@]4(CCC32)Oc2ccccc2CC4Cl)CC1CC#N. The predicted molar refractivity (Wildman–Crippen MR) is 157 cm³/mol. The van der Waals surface area contributed by atoms with Crippen LogP contribution in [-0.4, -0.2) is 102 Å². The minimum atomic E-state index is -0.430. The first-order valence-corrected chi connectivity index (χ1v) is 15.6. The summed E-state index contributed by atoms with van der Waals surface area (Å²) in [6.45, 7) is 7.39. The van der Waals surface area contributed by atoms with E-state index < -0.39 is 5.60 Å². The van der Waals surface area contributed by atoms with Gasteiger partial charge in [0.25, 0.3) is 0 Å². The molecular formula is C31H43ClN6O3. The van der Waals surface area contributed by atoms with E-state index >= 15 is 0 Å². The molecule has 1 aromatic carbocycles. The molecule has 222 valence electrons. The smallest absolute Gasteiger partial charge is 0.246 e. The second-order valence-corrected chi connectivity index (χ2v) is 13.0. The highest BCUT2D eigenvalue weighted by molar-refractivity contribution is 6.21. The number of nitrogens with one attached hydrogen (secondary N) is 2. The van der Waals surface area contributed by atoms with Gasteiger partial charge in [-0.3, -0.25) is 20.3 Å². The van der Waals surface area contributed by atoms with Gasteiger partial charge in [-0.05, 0) is 63.4 Å². The van der Waals surface area contributed by atoms with Crippen molar-refractivity contribution in [2.75, 3.05) is 39.8 Å². The van der Waals surface area contributed by atoms with Crippen LogP contribution < -0.4 is 15.4 Å². The van der Waals surface area contributed by atoms with Crippen molar-refractivity contribution >= 4 is 17.5 Å². The van der Waals surface area contributed by atoms with Gasteiger partial charge in [-0.15, -0.1) is 11.6 Å². The Morgan fingerprint density at radius 3 is 2.90 bits per heavy atom. The molecule has 0 bridgehead atoms. The van der Waals surface area contributed by atoms with E-state index in [9.17, 15) is 10.1 Å². The first-order valence-electron chi connectivity index (χ1n) is 15.2. The van der Waals surface area contributed by atoms with Crippen molar-refractivity contribution in [3.63, 3.8) is 0 Å². The maximum atomic E-state index is 12.5. The van der Waals surface area contributed by atoms with Gasteiger partial charge in [0.1, 0.15) is 11.4 Å². The van der Waals surface area contributed by atoms with Crippen LogP contribution in [0.1, 0.15) is 44.1 Å². The molecule has 7 unspecified atom stereocenters. The molecule has 1 saturated carbocycles. The molecule has 1 aromatic rings. The predicted octanol–water partition coefficient (Wildman–Crippen LogP) is 2.66. The van der Waals surface area contributed by atoms with Crippen LogP contribution in [0.2, 0.25) is 0 Å². The summed E-state index contributed by atoms with van der Waals surface area (Å²) < 4.78 is 13.3. The molecule has 1 aliphatic carbocycles. The molecule has 2 N–H and O–H groups in total. The van der Waals surface area contributed by atoms with Crippen LogP contribution in [0.3, 0.4) is 0 Å². The molecule has 10 heteroatoms. The van der Waals surface area contributed by atoms with Crippen molar-refractivity contribution in [2.45, 2.75) is 86.6 Å². The highest BCUT2D eigenvalue weighted by atomic mass is 35.5.